The summed E-state index contributed by atoms with van der Waals surface area (Å²) < 4.78 is 0. The average molecular weight is 144 g/mol. The van der Waals surface area contributed by atoms with E-state index in [0.717, 1.165) is 6.42 Å². The number of nitrogens with one attached hydrogen (secondary N) is 1. The molecule has 0 atom stereocenters. The number of carbonyl (C=O) groups excluding carboxylic acids is 2. The highest BCUT2D eigenvalue weighted by Crippen LogP contribution is 1.83. The lowest BCUT2D eigenvalue weighted by Gasteiger charge is -1.98. The molecule has 0 unspecified atom stereocenters. The molecule has 4 heteroatoms. The van der Waals surface area contributed by atoms with Crippen LogP contribution < -0.4 is 11.1 Å². The molecule has 0 saturated heterocycles. The minimum Gasteiger partial charge on any atom is -0.368 e. The Bertz CT molecular complexity index is 134. The van der Waals surface area contributed by atoms with Crippen LogP contribution in [-0.2, 0) is 9.59 Å². The third-order valence-electron chi connectivity index (χ3n) is 0.937. The molecule has 2 amide bonds. The summed E-state index contributed by atoms with van der Waals surface area (Å²) in [5.41, 5.74) is 4.78. The van der Waals surface area contributed by atoms with Crippen LogP contribution in [0.5, 0.6) is 0 Å². The van der Waals surface area contributed by atoms with Crippen LogP contribution >= 0.6 is 0 Å². The Morgan fingerprint density at radius 1 is 1.50 bits per heavy atom. The molecule has 0 heterocycles. The molecule has 0 rings (SSSR count). The van der Waals surface area contributed by atoms with Crippen LogP contribution in [-0.4, -0.2) is 18.4 Å². The first-order valence-electron chi connectivity index (χ1n) is 3.21. The first-order chi connectivity index (χ1) is 4.66. The molecule has 0 radical (unpaired) electrons. The van der Waals surface area contributed by atoms with Crippen molar-refractivity contribution >= 4 is 11.8 Å². The molecule has 0 aliphatic carbocycles. The highest BCUT2D eigenvalue weighted by atomic mass is 16.2. The lowest BCUT2D eigenvalue weighted by atomic mass is 10.3. The minimum atomic E-state index is -0.510. The van der Waals surface area contributed by atoms with E-state index in [4.69, 9.17) is 5.73 Å². The van der Waals surface area contributed by atoms with Crippen molar-refractivity contribution in [1.29, 1.82) is 0 Å². The van der Waals surface area contributed by atoms with E-state index in [1.807, 2.05) is 6.92 Å². The van der Waals surface area contributed by atoms with Crippen molar-refractivity contribution in [3.8, 4) is 0 Å². The summed E-state index contributed by atoms with van der Waals surface area (Å²) >= 11 is 0. The number of amides is 2. The number of carbonyl (C=O) groups is 2. The molecule has 0 aromatic rings. The van der Waals surface area contributed by atoms with Crippen molar-refractivity contribution in [2.24, 2.45) is 5.73 Å². The second kappa shape index (κ2) is 4.78. The zero-order valence-electron chi connectivity index (χ0n) is 6.02. The first-order valence-corrected chi connectivity index (χ1v) is 3.21. The number of hydrogen-bond acceptors (Lipinski definition) is 2. The maximum absolute atomic E-state index is 10.6. The fourth-order valence-corrected chi connectivity index (χ4v) is 0.501. The van der Waals surface area contributed by atoms with Gasteiger partial charge >= 0.3 is 0 Å². The molecule has 0 spiro atoms. The van der Waals surface area contributed by atoms with Crippen LogP contribution in [0.1, 0.15) is 19.8 Å². The van der Waals surface area contributed by atoms with Gasteiger partial charge in [-0.05, 0) is 6.42 Å². The Morgan fingerprint density at radius 3 is 2.50 bits per heavy atom. The lowest BCUT2D eigenvalue weighted by molar-refractivity contribution is -0.124. The molecule has 0 saturated carbocycles. The van der Waals surface area contributed by atoms with Gasteiger partial charge in [0.1, 0.15) is 0 Å². The Kier molecular flexibility index (Phi) is 4.28. The standard InChI is InChI=1S/C6H12N2O2/c1-2-3-6(10)8-4-5(7)9/h2-4H2,1H3,(H2,7,9)(H,8,10). The smallest absolute Gasteiger partial charge is 0.236 e. The van der Waals surface area contributed by atoms with E-state index < -0.39 is 5.91 Å². The fourth-order valence-electron chi connectivity index (χ4n) is 0.501. The molecule has 10 heavy (non-hydrogen) atoms. The molecule has 0 aromatic carbocycles. The summed E-state index contributed by atoms with van der Waals surface area (Å²) in [5, 5.41) is 2.37. The maximum Gasteiger partial charge on any atom is 0.236 e. The van der Waals surface area contributed by atoms with Gasteiger partial charge in [-0.2, -0.15) is 0 Å². The largest absolute Gasteiger partial charge is 0.368 e. The van der Waals surface area contributed by atoms with Crippen molar-refractivity contribution in [1.82, 2.24) is 5.32 Å². The molecule has 3 N–H and O–H groups in total. The highest BCUT2D eigenvalue weighted by Gasteiger charge is 1.99. The number of hydrogen-bond donors (Lipinski definition) is 2. The van der Waals surface area contributed by atoms with Crippen LogP contribution in [0.15, 0.2) is 0 Å². The quantitative estimate of drug-likeness (QED) is 0.552. The second-order valence-corrected chi connectivity index (χ2v) is 1.99. The van der Waals surface area contributed by atoms with Gasteiger partial charge in [-0.15, -0.1) is 0 Å². The number of rotatable bonds is 4. The van der Waals surface area contributed by atoms with Gasteiger partial charge in [-0.1, -0.05) is 6.92 Å². The third-order valence-corrected chi connectivity index (χ3v) is 0.937. The van der Waals surface area contributed by atoms with E-state index in [-0.39, 0.29) is 12.5 Å². The summed E-state index contributed by atoms with van der Waals surface area (Å²) in [6.07, 6.45) is 1.23. The van der Waals surface area contributed by atoms with Crippen molar-refractivity contribution in [3.63, 3.8) is 0 Å². The summed E-state index contributed by atoms with van der Waals surface area (Å²) in [7, 11) is 0. The van der Waals surface area contributed by atoms with E-state index in [0.29, 0.717) is 6.42 Å². The third kappa shape index (κ3) is 5.08. The minimum absolute atomic E-state index is 0.0567. The highest BCUT2D eigenvalue weighted by molar-refractivity contribution is 5.83. The normalized spacial score (nSPS) is 8.90. The van der Waals surface area contributed by atoms with E-state index in [1.54, 1.807) is 0 Å². The summed E-state index contributed by atoms with van der Waals surface area (Å²) in [4.78, 5) is 20.7. The van der Waals surface area contributed by atoms with Crippen molar-refractivity contribution < 1.29 is 9.59 Å². The second-order valence-electron chi connectivity index (χ2n) is 1.99. The maximum atomic E-state index is 10.6. The monoisotopic (exact) mass is 144 g/mol. The van der Waals surface area contributed by atoms with Gasteiger partial charge in [0.2, 0.25) is 11.8 Å². The van der Waals surface area contributed by atoms with Crippen molar-refractivity contribution in [3.05, 3.63) is 0 Å². The van der Waals surface area contributed by atoms with E-state index in [9.17, 15) is 9.59 Å². The molecule has 0 bridgehead atoms. The molecule has 0 aliphatic rings. The Balaban J connectivity index is 3.30. The summed E-state index contributed by atoms with van der Waals surface area (Å²) in [6.45, 7) is 1.84. The van der Waals surface area contributed by atoms with Crippen LogP contribution in [0, 0.1) is 0 Å². The van der Waals surface area contributed by atoms with E-state index >= 15 is 0 Å². The lowest BCUT2D eigenvalue weighted by Crippen LogP contribution is -2.32. The van der Waals surface area contributed by atoms with Gasteiger partial charge in [-0.3, -0.25) is 9.59 Å². The van der Waals surface area contributed by atoms with Crippen LogP contribution in [0.2, 0.25) is 0 Å². The molecular weight excluding hydrogens is 132 g/mol. The zero-order valence-corrected chi connectivity index (χ0v) is 6.02. The zero-order chi connectivity index (χ0) is 7.98. The molecule has 58 valence electrons. The topological polar surface area (TPSA) is 72.2 Å². The Labute approximate surface area is 59.8 Å². The molecule has 0 aromatic heterocycles. The van der Waals surface area contributed by atoms with E-state index in [1.165, 1.54) is 0 Å². The fraction of sp³-hybridized carbons (Fsp3) is 0.667. The SMILES string of the molecule is CCCC(=O)NCC(N)=O. The number of nitrogens with two attached hydrogens (primary N) is 1. The van der Waals surface area contributed by atoms with Crippen LogP contribution in [0.3, 0.4) is 0 Å². The first kappa shape index (κ1) is 8.94. The van der Waals surface area contributed by atoms with Gasteiger partial charge in [0.25, 0.3) is 0 Å². The van der Waals surface area contributed by atoms with Gasteiger partial charge < -0.3 is 11.1 Å². The summed E-state index contributed by atoms with van der Waals surface area (Å²) in [5.74, 6) is -0.634. The molecule has 4 nitrogen and oxygen atoms in total. The Hall–Kier alpha value is -1.06. The Morgan fingerprint density at radius 2 is 2.10 bits per heavy atom. The predicted molar refractivity (Wildman–Crippen MR) is 37.1 cm³/mol. The van der Waals surface area contributed by atoms with Gasteiger partial charge in [0.05, 0.1) is 6.54 Å². The van der Waals surface area contributed by atoms with E-state index in [2.05, 4.69) is 5.32 Å². The number of primary amides is 1. The average Bonchev–Trinajstić information content (AvgIpc) is 1.85. The summed E-state index contributed by atoms with van der Waals surface area (Å²) in [6, 6.07) is 0. The molecular formula is C6H12N2O2. The van der Waals surface area contributed by atoms with Crippen LogP contribution in [0.25, 0.3) is 0 Å². The molecule has 0 fully saturated rings. The van der Waals surface area contributed by atoms with Crippen molar-refractivity contribution in [2.75, 3.05) is 6.54 Å². The van der Waals surface area contributed by atoms with Gasteiger partial charge in [0, 0.05) is 6.42 Å². The van der Waals surface area contributed by atoms with Gasteiger partial charge in [-0.25, -0.2) is 0 Å². The van der Waals surface area contributed by atoms with Crippen molar-refractivity contribution in [2.45, 2.75) is 19.8 Å². The van der Waals surface area contributed by atoms with Crippen LogP contribution in [0.4, 0.5) is 0 Å². The molecule has 0 aliphatic heterocycles. The predicted octanol–water partition coefficient (Wildman–Crippen LogP) is -0.612. The van der Waals surface area contributed by atoms with Gasteiger partial charge in [0.15, 0.2) is 0 Å².